The molecule has 25 heavy (non-hydrogen) atoms. The molecule has 1 spiro atoms. The van der Waals surface area contributed by atoms with Gasteiger partial charge in [-0.15, -0.1) is 0 Å². The van der Waals surface area contributed by atoms with E-state index >= 15 is 0 Å². The standard InChI is InChI=1S/C17H22F2N2O4/c18-16(19)25-13-5-2-1-4-12(13)20-15(23)11-21-8-7-17(14(22)10-21)6-3-9-24-17/h1-2,4-5,14,16,22H,3,6-11H2,(H,20,23)/t14-,17-/m0/s1. The number of aliphatic hydroxyl groups excluding tert-OH is 1. The Bertz CT molecular complexity index is 608. The largest absolute Gasteiger partial charge is 0.433 e. The van der Waals surface area contributed by atoms with Crippen molar-refractivity contribution >= 4 is 11.6 Å². The number of hydrogen-bond acceptors (Lipinski definition) is 5. The summed E-state index contributed by atoms with van der Waals surface area (Å²) >= 11 is 0. The first-order valence-electron chi connectivity index (χ1n) is 8.37. The van der Waals surface area contributed by atoms with E-state index in [9.17, 15) is 18.7 Å². The van der Waals surface area contributed by atoms with Crippen LogP contribution < -0.4 is 10.1 Å². The van der Waals surface area contributed by atoms with E-state index in [1.807, 2.05) is 4.90 Å². The molecular weight excluding hydrogens is 334 g/mol. The summed E-state index contributed by atoms with van der Waals surface area (Å²) in [5, 5.41) is 13.0. The molecule has 8 heteroatoms. The predicted molar refractivity (Wildman–Crippen MR) is 86.7 cm³/mol. The Labute approximate surface area is 144 Å². The first-order valence-corrected chi connectivity index (χ1v) is 8.37. The van der Waals surface area contributed by atoms with Gasteiger partial charge >= 0.3 is 6.61 Å². The van der Waals surface area contributed by atoms with Gasteiger partial charge in [0.2, 0.25) is 5.91 Å². The number of anilines is 1. The van der Waals surface area contributed by atoms with Crippen molar-refractivity contribution in [3.63, 3.8) is 0 Å². The summed E-state index contributed by atoms with van der Waals surface area (Å²) in [7, 11) is 0. The zero-order valence-corrected chi connectivity index (χ0v) is 13.8. The SMILES string of the molecule is O=C(CN1CC[C@@]2(CCCO2)[C@@H](O)C1)Nc1ccccc1OC(F)F. The highest BCUT2D eigenvalue weighted by Gasteiger charge is 2.45. The number of rotatable bonds is 5. The van der Waals surface area contributed by atoms with Gasteiger partial charge in [-0.05, 0) is 31.4 Å². The first kappa shape index (κ1) is 18.0. The summed E-state index contributed by atoms with van der Waals surface area (Å²) in [5.74, 6) is -0.427. The van der Waals surface area contributed by atoms with Gasteiger partial charge in [0, 0.05) is 19.7 Å². The lowest BCUT2D eigenvalue weighted by Crippen LogP contribution is -2.56. The van der Waals surface area contributed by atoms with Crippen LogP contribution in [-0.4, -0.2) is 60.5 Å². The molecule has 0 aliphatic carbocycles. The molecule has 2 aliphatic heterocycles. The van der Waals surface area contributed by atoms with Crippen LogP contribution in [0.4, 0.5) is 14.5 Å². The molecule has 138 valence electrons. The zero-order chi connectivity index (χ0) is 17.9. The van der Waals surface area contributed by atoms with E-state index in [0.717, 1.165) is 12.8 Å². The maximum Gasteiger partial charge on any atom is 0.387 e. The van der Waals surface area contributed by atoms with E-state index in [1.165, 1.54) is 12.1 Å². The van der Waals surface area contributed by atoms with Gasteiger partial charge in [-0.1, -0.05) is 12.1 Å². The Morgan fingerprint density at radius 2 is 2.24 bits per heavy atom. The van der Waals surface area contributed by atoms with E-state index in [4.69, 9.17) is 4.74 Å². The molecule has 2 atom stereocenters. The van der Waals surface area contributed by atoms with Gasteiger partial charge in [0.25, 0.3) is 0 Å². The molecule has 2 fully saturated rings. The van der Waals surface area contributed by atoms with Crippen LogP contribution in [0, 0.1) is 0 Å². The van der Waals surface area contributed by atoms with Crippen molar-refractivity contribution in [1.82, 2.24) is 4.90 Å². The first-order chi connectivity index (χ1) is 12.0. The van der Waals surface area contributed by atoms with Gasteiger partial charge < -0.3 is 19.9 Å². The Balaban J connectivity index is 1.55. The number of aliphatic hydroxyl groups is 1. The predicted octanol–water partition coefficient (Wildman–Crippen LogP) is 1.84. The Morgan fingerprint density at radius 3 is 2.92 bits per heavy atom. The quantitative estimate of drug-likeness (QED) is 0.843. The number of ether oxygens (including phenoxy) is 2. The fraction of sp³-hybridized carbons (Fsp3) is 0.588. The van der Waals surface area contributed by atoms with Crippen LogP contribution in [-0.2, 0) is 9.53 Å². The normalized spacial score (nSPS) is 27.0. The number of piperidine rings is 1. The minimum Gasteiger partial charge on any atom is -0.433 e. The van der Waals surface area contributed by atoms with Crippen LogP contribution in [0.15, 0.2) is 24.3 Å². The zero-order valence-electron chi connectivity index (χ0n) is 13.8. The molecule has 1 amide bonds. The number of nitrogens with zero attached hydrogens (tertiary/aromatic N) is 1. The molecule has 2 saturated heterocycles. The van der Waals surface area contributed by atoms with E-state index in [0.29, 0.717) is 26.1 Å². The second-order valence-corrected chi connectivity index (χ2v) is 6.44. The summed E-state index contributed by atoms with van der Waals surface area (Å²) in [5.41, 5.74) is -0.272. The summed E-state index contributed by atoms with van der Waals surface area (Å²) in [6.45, 7) is -1.24. The number of amides is 1. The maximum atomic E-state index is 12.4. The van der Waals surface area contributed by atoms with Crippen molar-refractivity contribution in [2.45, 2.75) is 37.6 Å². The number of β-amino-alcohol motifs (C(OH)–C–C–N with tert-alkyl or cyclic N) is 1. The van der Waals surface area contributed by atoms with Gasteiger partial charge in [-0.3, -0.25) is 9.69 Å². The molecule has 6 nitrogen and oxygen atoms in total. The van der Waals surface area contributed by atoms with Crippen molar-refractivity contribution in [3.8, 4) is 5.75 Å². The molecule has 0 saturated carbocycles. The maximum absolute atomic E-state index is 12.4. The van der Waals surface area contributed by atoms with Crippen LogP contribution in [0.5, 0.6) is 5.75 Å². The van der Waals surface area contributed by atoms with Crippen LogP contribution in [0.25, 0.3) is 0 Å². The fourth-order valence-corrected chi connectivity index (χ4v) is 3.50. The third-order valence-electron chi connectivity index (χ3n) is 4.77. The molecule has 1 aromatic rings. The number of nitrogens with one attached hydrogen (secondary N) is 1. The molecule has 3 rings (SSSR count). The molecule has 1 aromatic carbocycles. The Kier molecular flexibility index (Phi) is 5.51. The monoisotopic (exact) mass is 356 g/mol. The second-order valence-electron chi connectivity index (χ2n) is 6.44. The Morgan fingerprint density at radius 1 is 1.44 bits per heavy atom. The van der Waals surface area contributed by atoms with E-state index in [2.05, 4.69) is 10.1 Å². The summed E-state index contributed by atoms with van der Waals surface area (Å²) in [6, 6.07) is 6.05. The third kappa shape index (κ3) is 4.26. The number of alkyl halides is 2. The lowest BCUT2D eigenvalue weighted by molar-refractivity contribution is -0.135. The van der Waals surface area contributed by atoms with Crippen molar-refractivity contribution in [3.05, 3.63) is 24.3 Å². The number of carbonyl (C=O) groups is 1. The number of halogens is 2. The van der Waals surface area contributed by atoms with Crippen LogP contribution in [0.2, 0.25) is 0 Å². The molecule has 2 heterocycles. The van der Waals surface area contributed by atoms with Crippen LogP contribution in [0.1, 0.15) is 19.3 Å². The molecule has 0 aromatic heterocycles. The van der Waals surface area contributed by atoms with Gasteiger partial charge in [0.05, 0.1) is 23.9 Å². The number of para-hydroxylation sites is 2. The van der Waals surface area contributed by atoms with Gasteiger partial charge in [0.1, 0.15) is 5.75 Å². The number of carbonyl (C=O) groups excluding carboxylic acids is 1. The van der Waals surface area contributed by atoms with E-state index in [1.54, 1.807) is 12.1 Å². The summed E-state index contributed by atoms with van der Waals surface area (Å²) in [4.78, 5) is 14.1. The second kappa shape index (κ2) is 7.63. The number of benzene rings is 1. The van der Waals surface area contributed by atoms with Crippen LogP contribution >= 0.6 is 0 Å². The number of hydrogen-bond donors (Lipinski definition) is 2. The molecule has 2 aliphatic rings. The van der Waals surface area contributed by atoms with Gasteiger partial charge in [-0.25, -0.2) is 0 Å². The highest BCUT2D eigenvalue weighted by atomic mass is 19.3. The van der Waals surface area contributed by atoms with Gasteiger partial charge in [0.15, 0.2) is 0 Å². The summed E-state index contributed by atoms with van der Waals surface area (Å²) in [6.07, 6.45) is 1.82. The highest BCUT2D eigenvalue weighted by molar-refractivity contribution is 5.93. The third-order valence-corrected chi connectivity index (χ3v) is 4.77. The molecule has 0 radical (unpaired) electrons. The smallest absolute Gasteiger partial charge is 0.387 e. The lowest BCUT2D eigenvalue weighted by Gasteiger charge is -2.42. The average molecular weight is 356 g/mol. The topological polar surface area (TPSA) is 71.0 Å². The van der Waals surface area contributed by atoms with Crippen LogP contribution in [0.3, 0.4) is 0 Å². The highest BCUT2D eigenvalue weighted by Crippen LogP contribution is 2.36. The Hall–Kier alpha value is -1.77. The van der Waals surface area contributed by atoms with Gasteiger partial charge in [-0.2, -0.15) is 8.78 Å². The minimum absolute atomic E-state index is 0.0656. The van der Waals surface area contributed by atoms with Crippen molar-refractivity contribution < 1.29 is 28.2 Å². The van der Waals surface area contributed by atoms with Crippen molar-refractivity contribution in [1.29, 1.82) is 0 Å². The fourth-order valence-electron chi connectivity index (χ4n) is 3.50. The van der Waals surface area contributed by atoms with Crippen molar-refractivity contribution in [2.75, 3.05) is 31.6 Å². The molecule has 0 bridgehead atoms. The minimum atomic E-state index is -2.96. The summed E-state index contributed by atoms with van der Waals surface area (Å²) < 4.78 is 35.0. The molecule has 2 N–H and O–H groups in total. The van der Waals surface area contributed by atoms with Crippen molar-refractivity contribution in [2.24, 2.45) is 0 Å². The number of likely N-dealkylation sites (tertiary alicyclic amines) is 1. The lowest BCUT2D eigenvalue weighted by atomic mass is 9.86. The van der Waals surface area contributed by atoms with E-state index < -0.39 is 18.3 Å². The molecular formula is C17H22F2N2O4. The van der Waals surface area contributed by atoms with E-state index in [-0.39, 0.29) is 23.9 Å². The average Bonchev–Trinajstić information content (AvgIpc) is 3.02. The molecule has 0 unspecified atom stereocenters.